The maximum Gasteiger partial charge on any atom is 0.0590 e. The minimum absolute atomic E-state index is 0.384. The van der Waals surface area contributed by atoms with Gasteiger partial charge in [-0.2, -0.15) is 0 Å². The summed E-state index contributed by atoms with van der Waals surface area (Å²) < 4.78 is 5.77. The number of ether oxygens (including phenoxy) is 1. The first-order chi connectivity index (χ1) is 10.1. The van der Waals surface area contributed by atoms with Crippen molar-refractivity contribution < 1.29 is 4.74 Å². The van der Waals surface area contributed by atoms with Gasteiger partial charge in [0.15, 0.2) is 0 Å². The Balaban J connectivity index is 2.03. The second-order valence-corrected chi connectivity index (χ2v) is 6.69. The van der Waals surface area contributed by atoms with Gasteiger partial charge in [0.25, 0.3) is 0 Å². The van der Waals surface area contributed by atoms with E-state index in [0.29, 0.717) is 24.0 Å². The Labute approximate surface area is 130 Å². The van der Waals surface area contributed by atoms with Crippen molar-refractivity contribution in [3.63, 3.8) is 0 Å². The molecule has 1 heterocycles. The molecule has 0 radical (unpaired) electrons. The smallest absolute Gasteiger partial charge is 0.0590 e. The summed E-state index contributed by atoms with van der Waals surface area (Å²) >= 11 is 0. The van der Waals surface area contributed by atoms with E-state index in [1.165, 1.54) is 24.0 Å². The van der Waals surface area contributed by atoms with Crippen LogP contribution in [0.2, 0.25) is 0 Å². The highest BCUT2D eigenvalue weighted by atomic mass is 16.5. The van der Waals surface area contributed by atoms with Gasteiger partial charge >= 0.3 is 0 Å². The minimum Gasteiger partial charge on any atom is -0.378 e. The predicted octanol–water partition coefficient (Wildman–Crippen LogP) is 4.15. The Morgan fingerprint density at radius 1 is 1.24 bits per heavy atom. The van der Waals surface area contributed by atoms with Gasteiger partial charge in [-0.3, -0.25) is 0 Å². The molecular weight excluding hydrogens is 258 g/mol. The monoisotopic (exact) mass is 289 g/mol. The third kappa shape index (κ3) is 4.55. The Hall–Kier alpha value is -0.860. The molecule has 1 aliphatic rings. The Morgan fingerprint density at radius 2 is 1.95 bits per heavy atom. The van der Waals surface area contributed by atoms with E-state index < -0.39 is 0 Å². The van der Waals surface area contributed by atoms with Crippen molar-refractivity contribution in [1.29, 1.82) is 0 Å². The van der Waals surface area contributed by atoms with Gasteiger partial charge in [-0.1, -0.05) is 45.0 Å². The minimum atomic E-state index is 0.384. The molecule has 2 rings (SSSR count). The lowest BCUT2D eigenvalue weighted by Crippen LogP contribution is -2.41. The summed E-state index contributed by atoms with van der Waals surface area (Å²) in [6.07, 6.45) is 3.86. The van der Waals surface area contributed by atoms with Crippen molar-refractivity contribution in [3.05, 3.63) is 35.4 Å². The molecule has 0 saturated carbocycles. The summed E-state index contributed by atoms with van der Waals surface area (Å²) in [5.41, 5.74) is 2.86. The maximum atomic E-state index is 5.77. The van der Waals surface area contributed by atoms with Gasteiger partial charge in [0.1, 0.15) is 0 Å². The quantitative estimate of drug-likeness (QED) is 0.814. The van der Waals surface area contributed by atoms with Crippen LogP contribution in [-0.4, -0.2) is 25.3 Å². The molecule has 3 unspecified atom stereocenters. The molecule has 3 atom stereocenters. The third-order valence-electron chi connectivity index (χ3n) is 4.71. The van der Waals surface area contributed by atoms with Crippen LogP contribution in [-0.2, 0) is 11.2 Å². The summed E-state index contributed by atoms with van der Waals surface area (Å²) in [5.74, 6) is 1.25. The second-order valence-electron chi connectivity index (χ2n) is 6.69. The van der Waals surface area contributed by atoms with E-state index in [2.05, 4.69) is 57.3 Å². The number of hydrogen-bond acceptors (Lipinski definition) is 2. The fourth-order valence-corrected chi connectivity index (χ4v) is 3.27. The fraction of sp³-hybridized carbons (Fsp3) is 0.684. The first-order valence-electron chi connectivity index (χ1n) is 8.55. The maximum absolute atomic E-state index is 5.77. The average molecular weight is 289 g/mol. The van der Waals surface area contributed by atoms with Crippen LogP contribution in [0.3, 0.4) is 0 Å². The van der Waals surface area contributed by atoms with Gasteiger partial charge in [-0.05, 0) is 49.8 Å². The molecule has 118 valence electrons. The highest BCUT2D eigenvalue weighted by Gasteiger charge is 2.31. The van der Waals surface area contributed by atoms with E-state index in [0.717, 1.165) is 19.6 Å². The second kappa shape index (κ2) is 7.95. The summed E-state index contributed by atoms with van der Waals surface area (Å²) in [6.45, 7) is 11.0. The molecule has 2 nitrogen and oxygen atoms in total. The van der Waals surface area contributed by atoms with E-state index in [4.69, 9.17) is 4.74 Å². The molecule has 1 aliphatic heterocycles. The molecule has 0 amide bonds. The van der Waals surface area contributed by atoms with Crippen molar-refractivity contribution in [2.45, 2.75) is 65.0 Å². The van der Waals surface area contributed by atoms with Crippen LogP contribution in [0.1, 0.15) is 57.6 Å². The molecule has 0 aromatic heterocycles. The molecule has 1 aromatic rings. The van der Waals surface area contributed by atoms with Gasteiger partial charge < -0.3 is 10.1 Å². The molecule has 0 spiro atoms. The molecule has 1 N–H and O–H groups in total. The van der Waals surface area contributed by atoms with Crippen LogP contribution >= 0.6 is 0 Å². The number of nitrogens with one attached hydrogen (secondary N) is 1. The van der Waals surface area contributed by atoms with E-state index in [-0.39, 0.29) is 0 Å². The van der Waals surface area contributed by atoms with Crippen LogP contribution < -0.4 is 5.32 Å². The van der Waals surface area contributed by atoms with E-state index >= 15 is 0 Å². The third-order valence-corrected chi connectivity index (χ3v) is 4.71. The predicted molar refractivity (Wildman–Crippen MR) is 89.8 cm³/mol. The Morgan fingerprint density at radius 3 is 2.48 bits per heavy atom. The first kappa shape index (κ1) is 16.5. The van der Waals surface area contributed by atoms with Crippen molar-refractivity contribution in [2.24, 2.45) is 5.92 Å². The van der Waals surface area contributed by atoms with Crippen LogP contribution in [0.15, 0.2) is 24.3 Å². The van der Waals surface area contributed by atoms with Crippen LogP contribution in [0.5, 0.6) is 0 Å². The lowest BCUT2D eigenvalue weighted by Gasteiger charge is -2.27. The molecule has 0 bridgehead atoms. The van der Waals surface area contributed by atoms with E-state index in [1.807, 2.05) is 0 Å². The molecule has 0 aliphatic carbocycles. The molecule has 21 heavy (non-hydrogen) atoms. The highest BCUT2D eigenvalue weighted by molar-refractivity contribution is 5.25. The van der Waals surface area contributed by atoms with Crippen LogP contribution in [0, 0.1) is 5.92 Å². The zero-order chi connectivity index (χ0) is 15.2. The summed E-state index contributed by atoms with van der Waals surface area (Å²) in [6, 6.07) is 9.71. The van der Waals surface area contributed by atoms with Gasteiger partial charge in [-0.25, -0.2) is 0 Å². The first-order valence-corrected chi connectivity index (χ1v) is 8.55. The fourth-order valence-electron chi connectivity index (χ4n) is 3.27. The summed E-state index contributed by atoms with van der Waals surface area (Å²) in [7, 11) is 0. The van der Waals surface area contributed by atoms with Gasteiger partial charge in [-0.15, -0.1) is 0 Å². The summed E-state index contributed by atoms with van der Waals surface area (Å²) in [4.78, 5) is 0. The van der Waals surface area contributed by atoms with Gasteiger partial charge in [0.05, 0.1) is 6.10 Å². The van der Waals surface area contributed by atoms with Crippen LogP contribution in [0.4, 0.5) is 0 Å². The lowest BCUT2D eigenvalue weighted by molar-refractivity contribution is 0.0954. The zero-order valence-corrected chi connectivity index (χ0v) is 14.1. The average Bonchev–Trinajstić information content (AvgIpc) is 2.90. The van der Waals surface area contributed by atoms with Gasteiger partial charge in [0, 0.05) is 18.6 Å². The zero-order valence-electron chi connectivity index (χ0n) is 14.1. The van der Waals surface area contributed by atoms with Crippen molar-refractivity contribution in [3.8, 4) is 0 Å². The van der Waals surface area contributed by atoms with Crippen molar-refractivity contribution in [1.82, 2.24) is 5.32 Å². The Kier molecular flexibility index (Phi) is 6.25. The topological polar surface area (TPSA) is 21.3 Å². The lowest BCUT2D eigenvalue weighted by atomic mass is 9.88. The normalized spacial score (nSPS) is 23.7. The standard InChI is InChI=1S/C19H31NO/c1-5-11-20-19(18-10-12-21-15(18)4)13-16-6-8-17(9-7-16)14(2)3/h6-9,14-15,18-20H,5,10-13H2,1-4H3. The molecule has 1 saturated heterocycles. The number of rotatable bonds is 7. The Bertz CT molecular complexity index is 412. The van der Waals surface area contributed by atoms with Crippen molar-refractivity contribution >= 4 is 0 Å². The molecule has 1 fully saturated rings. The van der Waals surface area contributed by atoms with E-state index in [1.54, 1.807) is 0 Å². The molecule has 2 heteroatoms. The number of benzene rings is 1. The van der Waals surface area contributed by atoms with Crippen LogP contribution in [0.25, 0.3) is 0 Å². The number of hydrogen-bond donors (Lipinski definition) is 1. The largest absolute Gasteiger partial charge is 0.378 e. The van der Waals surface area contributed by atoms with E-state index in [9.17, 15) is 0 Å². The molecule has 1 aromatic carbocycles. The highest BCUT2D eigenvalue weighted by Crippen LogP contribution is 2.26. The van der Waals surface area contributed by atoms with Crippen molar-refractivity contribution in [2.75, 3.05) is 13.2 Å². The van der Waals surface area contributed by atoms with Gasteiger partial charge in [0.2, 0.25) is 0 Å². The molecular formula is C19H31NO. The summed E-state index contributed by atoms with van der Waals surface area (Å²) in [5, 5.41) is 3.75. The SMILES string of the molecule is CCCNC(Cc1ccc(C(C)C)cc1)C1CCOC1C.